The Bertz CT molecular complexity index is 1460. The van der Waals surface area contributed by atoms with E-state index in [0.29, 0.717) is 30.3 Å². The van der Waals surface area contributed by atoms with Crippen molar-refractivity contribution in [2.75, 3.05) is 7.11 Å². The van der Waals surface area contributed by atoms with E-state index >= 15 is 0 Å². The Morgan fingerprint density at radius 1 is 0.700 bits per heavy atom. The first-order chi connectivity index (χ1) is 19.4. The summed E-state index contributed by atoms with van der Waals surface area (Å²) in [6.45, 7) is 0.672. The van der Waals surface area contributed by atoms with E-state index < -0.39 is 23.8 Å². The maximum atomic E-state index is 12.9. The lowest BCUT2D eigenvalue weighted by molar-refractivity contribution is -0.119. The van der Waals surface area contributed by atoms with Crippen LogP contribution in [0.3, 0.4) is 0 Å². The Morgan fingerprint density at radius 2 is 1.30 bits per heavy atom. The molecule has 0 saturated carbocycles. The monoisotopic (exact) mass is 538 g/mol. The predicted octanol–water partition coefficient (Wildman–Crippen LogP) is 4.46. The molecule has 4 aromatic rings. The van der Waals surface area contributed by atoms with Crippen molar-refractivity contribution in [1.29, 1.82) is 0 Å². The molecule has 40 heavy (non-hydrogen) atoms. The van der Waals surface area contributed by atoms with Crippen LogP contribution in [0.5, 0.6) is 11.5 Å². The smallest absolute Gasteiger partial charge is 0.337 e. The first kappa shape index (κ1) is 27.9. The summed E-state index contributed by atoms with van der Waals surface area (Å²) >= 11 is 0. The Kier molecular flexibility index (Phi) is 9.50. The molecular formula is C32H30N2O6. The number of nitrogens with one attached hydrogen (secondary N) is 1. The van der Waals surface area contributed by atoms with Gasteiger partial charge in [0.05, 0.1) is 12.7 Å². The summed E-state index contributed by atoms with van der Waals surface area (Å²) in [5.41, 5.74) is 8.76. The van der Waals surface area contributed by atoms with E-state index in [4.69, 9.17) is 19.9 Å². The summed E-state index contributed by atoms with van der Waals surface area (Å²) in [5.74, 6) is -0.773. The van der Waals surface area contributed by atoms with Gasteiger partial charge in [0, 0.05) is 12.0 Å². The summed E-state index contributed by atoms with van der Waals surface area (Å²) < 4.78 is 16.9. The molecule has 0 fully saturated rings. The molecule has 0 spiro atoms. The van der Waals surface area contributed by atoms with Gasteiger partial charge >= 0.3 is 5.97 Å². The number of methoxy groups -OCH3 is 1. The molecule has 8 nitrogen and oxygen atoms in total. The van der Waals surface area contributed by atoms with E-state index in [-0.39, 0.29) is 17.5 Å². The molecular weight excluding hydrogens is 508 g/mol. The number of carbonyl (C=O) groups excluding carboxylic acids is 3. The van der Waals surface area contributed by atoms with Crippen LogP contribution in [-0.4, -0.2) is 30.9 Å². The number of benzene rings is 4. The molecule has 0 unspecified atom stereocenters. The molecule has 4 rings (SSSR count). The van der Waals surface area contributed by atoms with Gasteiger partial charge in [-0.05, 0) is 47.0 Å². The molecule has 2 amide bonds. The summed E-state index contributed by atoms with van der Waals surface area (Å²) in [5, 5.41) is 2.67. The Labute approximate surface area is 232 Å². The number of ether oxygens (including phenoxy) is 3. The first-order valence-corrected chi connectivity index (χ1v) is 12.7. The van der Waals surface area contributed by atoms with Gasteiger partial charge in [0.1, 0.15) is 19.3 Å². The minimum absolute atomic E-state index is 0.123. The van der Waals surface area contributed by atoms with Gasteiger partial charge < -0.3 is 25.3 Å². The predicted molar refractivity (Wildman–Crippen MR) is 150 cm³/mol. The Morgan fingerprint density at radius 3 is 1.90 bits per heavy atom. The van der Waals surface area contributed by atoms with Crippen LogP contribution in [0.15, 0.2) is 103 Å². The zero-order chi connectivity index (χ0) is 28.3. The van der Waals surface area contributed by atoms with Crippen LogP contribution in [-0.2, 0) is 29.2 Å². The molecule has 204 valence electrons. The number of primary amides is 1. The third-order valence-electron chi connectivity index (χ3n) is 6.12. The highest BCUT2D eigenvalue weighted by Crippen LogP contribution is 2.30. The highest BCUT2D eigenvalue weighted by molar-refractivity contribution is 5.99. The largest absolute Gasteiger partial charge is 0.485 e. The van der Waals surface area contributed by atoms with Crippen LogP contribution in [0.1, 0.15) is 37.4 Å². The normalized spacial score (nSPS) is 11.2. The average molecular weight is 539 g/mol. The molecule has 0 bridgehead atoms. The van der Waals surface area contributed by atoms with Crippen LogP contribution in [0.2, 0.25) is 0 Å². The van der Waals surface area contributed by atoms with Gasteiger partial charge in [0.2, 0.25) is 5.91 Å². The second-order valence-corrected chi connectivity index (χ2v) is 9.03. The van der Waals surface area contributed by atoms with Gasteiger partial charge in [-0.2, -0.15) is 0 Å². The fourth-order valence-corrected chi connectivity index (χ4v) is 3.99. The second kappa shape index (κ2) is 13.6. The first-order valence-electron chi connectivity index (χ1n) is 12.7. The van der Waals surface area contributed by atoms with E-state index in [2.05, 4.69) is 5.32 Å². The van der Waals surface area contributed by atoms with Crippen LogP contribution in [0.4, 0.5) is 0 Å². The van der Waals surface area contributed by atoms with Crippen molar-refractivity contribution >= 4 is 17.8 Å². The average Bonchev–Trinajstić information content (AvgIpc) is 2.99. The summed E-state index contributed by atoms with van der Waals surface area (Å²) in [6, 6.07) is 29.9. The number of hydrogen-bond donors (Lipinski definition) is 2. The lowest BCUT2D eigenvalue weighted by Crippen LogP contribution is -2.45. The van der Waals surface area contributed by atoms with Crippen molar-refractivity contribution in [3.05, 3.63) is 131 Å². The molecule has 0 heterocycles. The van der Waals surface area contributed by atoms with Crippen molar-refractivity contribution in [2.45, 2.75) is 25.7 Å². The van der Waals surface area contributed by atoms with Gasteiger partial charge in [0.15, 0.2) is 11.5 Å². The van der Waals surface area contributed by atoms with Crippen molar-refractivity contribution in [3.8, 4) is 11.5 Å². The zero-order valence-electron chi connectivity index (χ0n) is 22.0. The standard InChI is InChI=1S/C32H30N2O6/c1-38-32(37)26-14-8-13-25(19-26)31(36)34-27(30(33)35)17-24-15-16-28(39-20-22-9-4-2-5-10-22)29(18-24)40-21-23-11-6-3-7-12-23/h2-16,18-19,27H,17,20-21H2,1H3,(H2,33,35)(H,34,36)/t27-/m0/s1. The molecule has 0 radical (unpaired) electrons. The maximum absolute atomic E-state index is 12.9. The molecule has 3 N–H and O–H groups in total. The SMILES string of the molecule is COC(=O)c1cccc(C(=O)N[C@@H](Cc2ccc(OCc3ccccc3)c(OCc3ccccc3)c2)C(N)=O)c1. The van der Waals surface area contributed by atoms with E-state index in [0.717, 1.165) is 11.1 Å². The van der Waals surface area contributed by atoms with Crippen LogP contribution < -0.4 is 20.5 Å². The highest BCUT2D eigenvalue weighted by Gasteiger charge is 2.21. The Hall–Kier alpha value is -5.11. The van der Waals surface area contributed by atoms with Crippen LogP contribution >= 0.6 is 0 Å². The number of amides is 2. The fraction of sp³-hybridized carbons (Fsp3) is 0.156. The molecule has 0 aliphatic rings. The molecule has 0 aliphatic heterocycles. The van der Waals surface area contributed by atoms with Crippen LogP contribution in [0, 0.1) is 0 Å². The van der Waals surface area contributed by atoms with Crippen molar-refractivity contribution in [2.24, 2.45) is 5.73 Å². The minimum Gasteiger partial charge on any atom is -0.485 e. The Balaban J connectivity index is 1.51. The fourth-order valence-electron chi connectivity index (χ4n) is 3.99. The number of rotatable bonds is 12. The van der Waals surface area contributed by atoms with E-state index in [9.17, 15) is 14.4 Å². The minimum atomic E-state index is -1.01. The summed E-state index contributed by atoms with van der Waals surface area (Å²) in [6.07, 6.45) is 0.123. The number of carbonyl (C=O) groups is 3. The van der Waals surface area contributed by atoms with Crippen molar-refractivity contribution < 1.29 is 28.6 Å². The molecule has 4 aromatic carbocycles. The van der Waals surface area contributed by atoms with Gasteiger partial charge in [-0.25, -0.2) is 4.79 Å². The molecule has 1 atom stereocenters. The third kappa shape index (κ3) is 7.70. The van der Waals surface area contributed by atoms with Gasteiger partial charge in [-0.3, -0.25) is 9.59 Å². The zero-order valence-corrected chi connectivity index (χ0v) is 22.0. The molecule has 0 saturated heterocycles. The topological polar surface area (TPSA) is 117 Å². The molecule has 0 aromatic heterocycles. The van der Waals surface area contributed by atoms with Gasteiger partial charge in [-0.1, -0.05) is 72.8 Å². The molecule has 8 heteroatoms. The van der Waals surface area contributed by atoms with Gasteiger partial charge in [-0.15, -0.1) is 0 Å². The quantitative estimate of drug-likeness (QED) is 0.257. The summed E-state index contributed by atoms with van der Waals surface area (Å²) in [7, 11) is 1.26. The van der Waals surface area contributed by atoms with Crippen molar-refractivity contribution in [3.63, 3.8) is 0 Å². The van der Waals surface area contributed by atoms with E-state index in [1.54, 1.807) is 24.3 Å². The maximum Gasteiger partial charge on any atom is 0.337 e. The van der Waals surface area contributed by atoms with Crippen molar-refractivity contribution in [1.82, 2.24) is 5.32 Å². The lowest BCUT2D eigenvalue weighted by Gasteiger charge is -2.18. The highest BCUT2D eigenvalue weighted by atomic mass is 16.5. The number of nitrogens with two attached hydrogens (primary N) is 1. The number of hydrogen-bond acceptors (Lipinski definition) is 6. The molecule has 0 aliphatic carbocycles. The number of esters is 1. The summed E-state index contributed by atoms with van der Waals surface area (Å²) in [4.78, 5) is 37.0. The van der Waals surface area contributed by atoms with E-state index in [1.165, 1.54) is 25.3 Å². The third-order valence-corrected chi connectivity index (χ3v) is 6.12. The van der Waals surface area contributed by atoms with E-state index in [1.807, 2.05) is 60.7 Å². The lowest BCUT2D eigenvalue weighted by atomic mass is 10.0. The van der Waals surface area contributed by atoms with Gasteiger partial charge in [0.25, 0.3) is 5.91 Å². The van der Waals surface area contributed by atoms with Crippen LogP contribution in [0.25, 0.3) is 0 Å². The second-order valence-electron chi connectivity index (χ2n) is 9.03.